The van der Waals surface area contributed by atoms with Crippen LogP contribution in [0, 0.1) is 0 Å². The molecule has 0 spiro atoms. The number of rotatable bonds is 4. The number of hydrazine groups is 1. The zero-order chi connectivity index (χ0) is 17.3. The van der Waals surface area contributed by atoms with Gasteiger partial charge in [-0.2, -0.15) is 0 Å². The van der Waals surface area contributed by atoms with Gasteiger partial charge in [-0.15, -0.1) is 0 Å². The monoisotopic (exact) mass is 332 g/mol. The molecule has 0 radical (unpaired) electrons. The number of hydrogen-bond donors (Lipinski definition) is 5. The highest BCUT2D eigenvalue weighted by atomic mass is 16.5. The van der Waals surface area contributed by atoms with E-state index in [9.17, 15) is 14.6 Å². The zero-order valence-corrected chi connectivity index (χ0v) is 12.7. The normalized spacial score (nSPS) is 19.4. The smallest absolute Gasteiger partial charge is 0.534 e. The number of carboxylic acids is 1. The first-order valence-corrected chi connectivity index (χ1v) is 7.39. The largest absolute Gasteiger partial charge is 0.547 e. The molecule has 0 unspecified atom stereocenters. The number of nitrogens with two attached hydrogens (primary N) is 1. The van der Waals surface area contributed by atoms with Gasteiger partial charge < -0.3 is 30.8 Å². The molecule has 0 aromatic heterocycles. The van der Waals surface area contributed by atoms with Crippen molar-refractivity contribution in [2.75, 3.05) is 13.1 Å². The third-order valence-corrected chi connectivity index (χ3v) is 3.82. The lowest BCUT2D eigenvalue weighted by atomic mass is 9.72. The van der Waals surface area contributed by atoms with E-state index in [0.717, 1.165) is 0 Å². The molecule has 2 aliphatic heterocycles. The molecule has 0 saturated carbocycles. The van der Waals surface area contributed by atoms with Crippen molar-refractivity contribution in [2.45, 2.75) is 12.4 Å². The summed E-state index contributed by atoms with van der Waals surface area (Å²) in [5, 5.41) is 23.5. The molecule has 6 N–H and O–H groups in total. The molecule has 126 valence electrons. The van der Waals surface area contributed by atoms with E-state index in [2.05, 4.69) is 10.7 Å². The Balaban J connectivity index is 1.67. The molecule has 1 atom stereocenters. The molecule has 1 aromatic rings. The van der Waals surface area contributed by atoms with Crippen molar-refractivity contribution in [3.63, 3.8) is 0 Å². The van der Waals surface area contributed by atoms with Crippen molar-refractivity contribution in [1.29, 1.82) is 0 Å². The van der Waals surface area contributed by atoms with E-state index in [4.69, 9.17) is 15.5 Å². The van der Waals surface area contributed by atoms with E-state index in [-0.39, 0.29) is 30.2 Å². The van der Waals surface area contributed by atoms with Crippen molar-refractivity contribution in [3.8, 4) is 5.75 Å². The van der Waals surface area contributed by atoms with Crippen molar-refractivity contribution < 1.29 is 24.4 Å². The quantitative estimate of drug-likeness (QED) is 0.418. The summed E-state index contributed by atoms with van der Waals surface area (Å²) in [6.07, 6.45) is 1.90. The molecule has 0 bridgehead atoms. The molecule has 2 aliphatic rings. The van der Waals surface area contributed by atoms with Gasteiger partial charge in [0, 0.05) is 11.9 Å². The van der Waals surface area contributed by atoms with E-state index in [1.165, 1.54) is 6.07 Å². The van der Waals surface area contributed by atoms with Crippen molar-refractivity contribution in [1.82, 2.24) is 15.8 Å². The molecule has 3 rings (SSSR count). The molecular formula is C14H17BN4O5. The molecular weight excluding hydrogens is 315 g/mol. The number of carboxylic acid groups (broad SMARTS) is 1. The number of hydrogen-bond acceptors (Lipinski definition) is 7. The number of para-hydroxylation sites is 1. The Morgan fingerprint density at radius 3 is 2.96 bits per heavy atom. The van der Waals surface area contributed by atoms with Crippen LogP contribution >= 0.6 is 0 Å². The predicted octanol–water partition coefficient (Wildman–Crippen LogP) is -1.56. The first kappa shape index (κ1) is 16.2. The van der Waals surface area contributed by atoms with E-state index in [1.54, 1.807) is 23.3 Å². The fourth-order valence-corrected chi connectivity index (χ4v) is 2.71. The second-order valence-corrected chi connectivity index (χ2v) is 5.65. The Labute approximate surface area is 138 Å². The van der Waals surface area contributed by atoms with Gasteiger partial charge in [0.1, 0.15) is 12.3 Å². The highest BCUT2D eigenvalue weighted by Gasteiger charge is 2.37. The van der Waals surface area contributed by atoms with Gasteiger partial charge in [0.25, 0.3) is 0 Å². The zero-order valence-electron chi connectivity index (χ0n) is 12.7. The number of aromatic carboxylic acids is 1. The number of benzene rings is 1. The first-order chi connectivity index (χ1) is 11.4. The molecule has 0 saturated heterocycles. The van der Waals surface area contributed by atoms with Crippen molar-refractivity contribution in [2.24, 2.45) is 5.73 Å². The molecule has 0 fully saturated rings. The average Bonchev–Trinajstić information content (AvgIpc) is 2.92. The summed E-state index contributed by atoms with van der Waals surface area (Å²) < 4.78 is 5.32. The number of nitrogens with one attached hydrogen (secondary N) is 2. The Morgan fingerprint density at radius 1 is 1.50 bits per heavy atom. The minimum absolute atomic E-state index is 0.0156. The Morgan fingerprint density at radius 2 is 2.29 bits per heavy atom. The van der Waals surface area contributed by atoms with Gasteiger partial charge in [-0.05, 0) is 18.1 Å². The molecule has 1 aromatic carbocycles. The van der Waals surface area contributed by atoms with Crippen LogP contribution in [-0.4, -0.2) is 53.2 Å². The van der Waals surface area contributed by atoms with Crippen LogP contribution in [0.5, 0.6) is 5.75 Å². The van der Waals surface area contributed by atoms with Crippen LogP contribution in [0.2, 0.25) is 0 Å². The maximum absolute atomic E-state index is 12.1. The van der Waals surface area contributed by atoms with Crippen LogP contribution in [0.1, 0.15) is 15.9 Å². The van der Waals surface area contributed by atoms with E-state index in [1.807, 2.05) is 0 Å². The number of nitrogens with zero attached hydrogens (tertiary/aromatic N) is 1. The maximum atomic E-state index is 12.1. The second kappa shape index (κ2) is 6.42. The minimum atomic E-state index is -1.32. The van der Waals surface area contributed by atoms with Gasteiger partial charge in [-0.25, -0.2) is 10.2 Å². The van der Waals surface area contributed by atoms with Gasteiger partial charge in [0.15, 0.2) is 0 Å². The van der Waals surface area contributed by atoms with E-state index < -0.39 is 19.0 Å². The summed E-state index contributed by atoms with van der Waals surface area (Å²) in [7, 11) is -1.32. The summed E-state index contributed by atoms with van der Waals surface area (Å²) in [6, 6.07) is 4.71. The molecule has 2 heterocycles. The highest BCUT2D eigenvalue weighted by Crippen LogP contribution is 2.30. The maximum Gasteiger partial charge on any atom is 0.547 e. The van der Waals surface area contributed by atoms with Gasteiger partial charge in [0.05, 0.1) is 18.0 Å². The third-order valence-electron chi connectivity index (χ3n) is 3.82. The number of fused-ring (bicyclic) bond motifs is 1. The van der Waals surface area contributed by atoms with Gasteiger partial charge in [-0.1, -0.05) is 12.1 Å². The van der Waals surface area contributed by atoms with Crippen molar-refractivity contribution in [3.05, 3.63) is 41.2 Å². The predicted molar refractivity (Wildman–Crippen MR) is 84.6 cm³/mol. The number of carbonyl (C=O) groups is 2. The minimum Gasteiger partial charge on any atom is -0.534 e. The number of carbonyl (C=O) groups excluding carboxylic acids is 1. The van der Waals surface area contributed by atoms with Gasteiger partial charge in [-0.3, -0.25) is 4.79 Å². The van der Waals surface area contributed by atoms with Crippen LogP contribution < -0.4 is 21.1 Å². The molecule has 1 amide bonds. The lowest BCUT2D eigenvalue weighted by molar-refractivity contribution is -0.122. The second-order valence-electron chi connectivity index (χ2n) is 5.65. The Hall–Kier alpha value is -2.72. The van der Waals surface area contributed by atoms with Gasteiger partial charge in [0.2, 0.25) is 5.91 Å². The fourth-order valence-electron chi connectivity index (χ4n) is 2.71. The first-order valence-electron chi connectivity index (χ1n) is 7.39. The molecule has 9 nitrogen and oxygen atoms in total. The van der Waals surface area contributed by atoms with Crippen LogP contribution in [0.25, 0.3) is 0 Å². The van der Waals surface area contributed by atoms with Crippen LogP contribution in [0.15, 0.2) is 30.1 Å². The number of amides is 1. The molecule has 10 heteroatoms. The molecule has 0 aliphatic carbocycles. The lowest BCUT2D eigenvalue weighted by Gasteiger charge is -2.29. The van der Waals surface area contributed by atoms with Crippen LogP contribution in [-0.2, 0) is 11.2 Å². The van der Waals surface area contributed by atoms with Crippen molar-refractivity contribution >= 4 is 19.0 Å². The van der Waals surface area contributed by atoms with Crippen LogP contribution in [0.3, 0.4) is 0 Å². The Bertz CT molecular complexity index is 710. The summed E-state index contributed by atoms with van der Waals surface area (Å²) >= 11 is 0. The van der Waals surface area contributed by atoms with E-state index >= 15 is 0 Å². The summed E-state index contributed by atoms with van der Waals surface area (Å²) in [5.74, 6) is -1.98. The summed E-state index contributed by atoms with van der Waals surface area (Å²) in [6.45, 7) is 0.514. The average molecular weight is 332 g/mol. The summed E-state index contributed by atoms with van der Waals surface area (Å²) in [4.78, 5) is 23.3. The SMILES string of the molecule is NC1=CN(CC(=O)N[C@H]2Cc3cccc(C(=O)O)c3OB2O)NC1. The van der Waals surface area contributed by atoms with E-state index in [0.29, 0.717) is 17.8 Å². The highest BCUT2D eigenvalue weighted by molar-refractivity contribution is 6.47. The topological polar surface area (TPSA) is 137 Å². The lowest BCUT2D eigenvalue weighted by Crippen LogP contribution is -2.55. The fraction of sp³-hybridized carbons (Fsp3) is 0.286. The summed E-state index contributed by atoms with van der Waals surface area (Å²) in [5.41, 5.74) is 9.76. The third kappa shape index (κ3) is 3.29. The van der Waals surface area contributed by atoms with Gasteiger partial charge >= 0.3 is 13.1 Å². The molecule has 24 heavy (non-hydrogen) atoms. The standard InChI is InChI=1S/C14H17BN4O5/c16-9-5-17-19(6-9)7-12(20)18-11-4-8-2-1-3-10(14(21)22)13(8)24-15(11)23/h1-3,6,11,17,23H,4-5,7,16H2,(H,18,20)(H,21,22)/t11-/m0/s1. The Kier molecular flexibility index (Phi) is 4.32. The van der Waals surface area contributed by atoms with Crippen LogP contribution in [0.4, 0.5) is 0 Å².